The monoisotopic (exact) mass is 219 g/mol. The highest BCUT2D eigenvalue weighted by atomic mass is 79.9. The minimum absolute atomic E-state index is 0.542. The number of hydrogen-bond acceptors (Lipinski definition) is 2. The van der Waals surface area contributed by atoms with Crippen molar-refractivity contribution in [2.24, 2.45) is 0 Å². The van der Waals surface area contributed by atoms with Crippen LogP contribution in [0.15, 0.2) is 16.7 Å². The molecular formula is C7H7BrFNO. The van der Waals surface area contributed by atoms with Crippen LogP contribution in [0.5, 0.6) is 0 Å². The van der Waals surface area contributed by atoms with Gasteiger partial charge in [0.1, 0.15) is 0 Å². The Bertz CT molecular complexity index is 265. The SMILES string of the molecule is CC(O)c1cnc(F)cc1Br. The van der Waals surface area contributed by atoms with Crippen LogP contribution in [0.3, 0.4) is 0 Å². The van der Waals surface area contributed by atoms with Crippen molar-refractivity contribution in [2.45, 2.75) is 13.0 Å². The van der Waals surface area contributed by atoms with Crippen LogP contribution in [0.25, 0.3) is 0 Å². The van der Waals surface area contributed by atoms with E-state index in [0.29, 0.717) is 10.0 Å². The molecule has 0 aliphatic carbocycles. The fourth-order valence-corrected chi connectivity index (χ4v) is 1.35. The predicted molar refractivity (Wildman–Crippen MR) is 42.5 cm³/mol. The van der Waals surface area contributed by atoms with Crippen LogP contribution < -0.4 is 0 Å². The number of pyridine rings is 1. The van der Waals surface area contributed by atoms with Gasteiger partial charge in [-0.2, -0.15) is 4.39 Å². The Kier molecular flexibility index (Phi) is 2.57. The second kappa shape index (κ2) is 3.28. The molecule has 1 atom stereocenters. The summed E-state index contributed by atoms with van der Waals surface area (Å²) >= 11 is 3.11. The molecule has 60 valence electrons. The molecule has 1 rings (SSSR count). The first kappa shape index (κ1) is 8.62. The fourth-order valence-electron chi connectivity index (χ4n) is 0.725. The third kappa shape index (κ3) is 1.97. The van der Waals surface area contributed by atoms with Crippen LogP contribution in [-0.4, -0.2) is 10.1 Å². The standard InChI is InChI=1S/C7H7BrFNO/c1-4(11)5-3-10-7(9)2-6(5)8/h2-4,11H,1H3. The molecule has 1 aromatic heterocycles. The third-order valence-electron chi connectivity index (χ3n) is 1.30. The van der Waals surface area contributed by atoms with Crippen LogP contribution in [0.1, 0.15) is 18.6 Å². The van der Waals surface area contributed by atoms with Crippen molar-refractivity contribution >= 4 is 15.9 Å². The van der Waals surface area contributed by atoms with Gasteiger partial charge in [-0.05, 0) is 6.92 Å². The van der Waals surface area contributed by atoms with Crippen LogP contribution in [-0.2, 0) is 0 Å². The zero-order valence-corrected chi connectivity index (χ0v) is 7.47. The highest BCUT2D eigenvalue weighted by molar-refractivity contribution is 9.10. The predicted octanol–water partition coefficient (Wildman–Crippen LogP) is 2.04. The molecule has 2 nitrogen and oxygen atoms in total. The molecule has 4 heteroatoms. The second-order valence-electron chi connectivity index (χ2n) is 2.20. The lowest BCUT2D eigenvalue weighted by Gasteiger charge is -2.05. The first-order chi connectivity index (χ1) is 5.11. The lowest BCUT2D eigenvalue weighted by Crippen LogP contribution is -1.95. The molecule has 0 aromatic carbocycles. The molecule has 1 heterocycles. The summed E-state index contributed by atoms with van der Waals surface area (Å²) in [4.78, 5) is 3.40. The van der Waals surface area contributed by atoms with Crippen molar-refractivity contribution in [1.29, 1.82) is 0 Å². The van der Waals surface area contributed by atoms with E-state index in [9.17, 15) is 4.39 Å². The number of rotatable bonds is 1. The molecule has 0 aliphatic heterocycles. The second-order valence-corrected chi connectivity index (χ2v) is 3.06. The maximum absolute atomic E-state index is 12.4. The van der Waals surface area contributed by atoms with Crippen LogP contribution in [0, 0.1) is 5.95 Å². The Morgan fingerprint density at radius 2 is 2.36 bits per heavy atom. The van der Waals surface area contributed by atoms with Crippen molar-refractivity contribution in [2.75, 3.05) is 0 Å². The van der Waals surface area contributed by atoms with Crippen LogP contribution in [0.4, 0.5) is 4.39 Å². The fraction of sp³-hybridized carbons (Fsp3) is 0.286. The Morgan fingerprint density at radius 1 is 1.73 bits per heavy atom. The molecule has 11 heavy (non-hydrogen) atoms. The lowest BCUT2D eigenvalue weighted by molar-refractivity contribution is 0.198. The topological polar surface area (TPSA) is 33.1 Å². The number of aliphatic hydroxyl groups is 1. The summed E-state index contributed by atoms with van der Waals surface area (Å²) in [5, 5.41) is 9.10. The van der Waals surface area contributed by atoms with Gasteiger partial charge in [-0.3, -0.25) is 0 Å². The number of nitrogens with zero attached hydrogens (tertiary/aromatic N) is 1. The largest absolute Gasteiger partial charge is 0.389 e. The molecule has 0 radical (unpaired) electrons. The summed E-state index contributed by atoms with van der Waals surface area (Å²) in [6, 6.07) is 1.22. The zero-order valence-electron chi connectivity index (χ0n) is 5.88. The van der Waals surface area contributed by atoms with Crippen LogP contribution >= 0.6 is 15.9 Å². The molecule has 0 spiro atoms. The molecule has 0 saturated carbocycles. The Balaban J connectivity index is 3.09. The molecule has 0 amide bonds. The highest BCUT2D eigenvalue weighted by Gasteiger charge is 2.06. The maximum Gasteiger partial charge on any atom is 0.213 e. The van der Waals surface area contributed by atoms with Gasteiger partial charge in [0, 0.05) is 22.3 Å². The van der Waals surface area contributed by atoms with Crippen molar-refractivity contribution in [3.05, 3.63) is 28.2 Å². The molecule has 0 saturated heterocycles. The third-order valence-corrected chi connectivity index (χ3v) is 1.99. The van der Waals surface area contributed by atoms with E-state index in [-0.39, 0.29) is 0 Å². The van der Waals surface area contributed by atoms with Crippen molar-refractivity contribution < 1.29 is 9.50 Å². The van der Waals surface area contributed by atoms with Gasteiger partial charge in [-0.1, -0.05) is 15.9 Å². The first-order valence-corrected chi connectivity index (χ1v) is 3.89. The van der Waals surface area contributed by atoms with Crippen molar-refractivity contribution in [3.63, 3.8) is 0 Å². The smallest absolute Gasteiger partial charge is 0.213 e. The normalized spacial score (nSPS) is 13.1. The van der Waals surface area contributed by atoms with E-state index in [4.69, 9.17) is 5.11 Å². The molecule has 0 bridgehead atoms. The summed E-state index contributed by atoms with van der Waals surface area (Å²) in [6.07, 6.45) is 0.682. The van der Waals surface area contributed by atoms with Gasteiger partial charge < -0.3 is 5.11 Å². The van der Waals surface area contributed by atoms with Crippen LogP contribution in [0.2, 0.25) is 0 Å². The van der Waals surface area contributed by atoms with E-state index < -0.39 is 12.1 Å². The van der Waals surface area contributed by atoms with Gasteiger partial charge in [-0.25, -0.2) is 4.98 Å². The summed E-state index contributed by atoms with van der Waals surface area (Å²) in [5.74, 6) is -0.554. The highest BCUT2D eigenvalue weighted by Crippen LogP contribution is 2.22. The summed E-state index contributed by atoms with van der Waals surface area (Å²) < 4.78 is 12.9. The van der Waals surface area contributed by atoms with Gasteiger partial charge >= 0.3 is 0 Å². The summed E-state index contributed by atoms with van der Waals surface area (Å²) in [5.41, 5.74) is 0.589. The zero-order chi connectivity index (χ0) is 8.43. The average molecular weight is 220 g/mol. The maximum atomic E-state index is 12.4. The van der Waals surface area contributed by atoms with E-state index in [1.807, 2.05) is 0 Å². The van der Waals surface area contributed by atoms with E-state index in [0.717, 1.165) is 0 Å². The Hall–Kier alpha value is -0.480. The minimum Gasteiger partial charge on any atom is -0.389 e. The first-order valence-electron chi connectivity index (χ1n) is 3.10. The van der Waals surface area contributed by atoms with Gasteiger partial charge in [0.2, 0.25) is 5.95 Å². The molecule has 1 unspecified atom stereocenters. The van der Waals surface area contributed by atoms with E-state index in [1.54, 1.807) is 6.92 Å². The summed E-state index contributed by atoms with van der Waals surface area (Å²) in [7, 11) is 0. The number of halogens is 2. The quantitative estimate of drug-likeness (QED) is 0.734. The number of aliphatic hydroxyl groups excluding tert-OH is 1. The minimum atomic E-state index is -0.627. The van der Waals surface area contributed by atoms with Gasteiger partial charge in [0.05, 0.1) is 6.10 Å². The summed E-state index contributed by atoms with van der Waals surface area (Å²) in [6.45, 7) is 1.60. The molecule has 1 aromatic rings. The number of hydrogen-bond donors (Lipinski definition) is 1. The van der Waals surface area contributed by atoms with Crippen molar-refractivity contribution in [3.8, 4) is 0 Å². The number of aromatic nitrogens is 1. The molecule has 1 N–H and O–H groups in total. The molecular weight excluding hydrogens is 213 g/mol. The van der Waals surface area contributed by atoms with E-state index >= 15 is 0 Å². The van der Waals surface area contributed by atoms with Gasteiger partial charge in [0.25, 0.3) is 0 Å². The average Bonchev–Trinajstić information content (AvgIpc) is 1.85. The van der Waals surface area contributed by atoms with Gasteiger partial charge in [0.15, 0.2) is 0 Å². The molecule has 0 aliphatic rings. The Labute approximate surface area is 72.2 Å². The van der Waals surface area contributed by atoms with E-state index in [2.05, 4.69) is 20.9 Å². The van der Waals surface area contributed by atoms with Crippen molar-refractivity contribution in [1.82, 2.24) is 4.98 Å². The Morgan fingerprint density at radius 3 is 2.82 bits per heavy atom. The van der Waals surface area contributed by atoms with Gasteiger partial charge in [-0.15, -0.1) is 0 Å². The molecule has 0 fully saturated rings. The van der Waals surface area contributed by atoms with E-state index in [1.165, 1.54) is 12.3 Å². The lowest BCUT2D eigenvalue weighted by atomic mass is 10.2.